The average Bonchev–Trinajstić information content (AvgIpc) is 1.89. The minimum absolute atomic E-state index is 0.848. The molecule has 1 aliphatic carbocycles. The van der Waals surface area contributed by atoms with E-state index >= 15 is 0 Å². The molecule has 0 unspecified atom stereocenters. The third-order valence-corrected chi connectivity index (χ3v) is 1.64. The van der Waals surface area contributed by atoms with Crippen LogP contribution in [0.5, 0.6) is 0 Å². The van der Waals surface area contributed by atoms with Gasteiger partial charge in [-0.05, 0) is 31.8 Å². The summed E-state index contributed by atoms with van der Waals surface area (Å²) in [5.41, 5.74) is 1.98. The van der Waals surface area contributed by atoms with E-state index in [1.165, 1.54) is 0 Å². The topological polar surface area (TPSA) is 32.6 Å². The van der Waals surface area contributed by atoms with Crippen molar-refractivity contribution in [2.24, 2.45) is 5.16 Å². The summed E-state index contributed by atoms with van der Waals surface area (Å²) in [6.07, 6.45) is 5.29. The van der Waals surface area contributed by atoms with Gasteiger partial charge in [-0.1, -0.05) is 11.2 Å². The Balaban J connectivity index is 2.73. The van der Waals surface area contributed by atoms with Crippen molar-refractivity contribution < 1.29 is 5.21 Å². The maximum Gasteiger partial charge on any atom is 0.0821 e. The summed E-state index contributed by atoms with van der Waals surface area (Å²) in [5.74, 6) is 0. The second-order valence-corrected chi connectivity index (χ2v) is 2.33. The van der Waals surface area contributed by atoms with Gasteiger partial charge in [0.25, 0.3) is 0 Å². The second kappa shape index (κ2) is 2.67. The van der Waals surface area contributed by atoms with Crippen molar-refractivity contribution in [3.05, 3.63) is 11.6 Å². The van der Waals surface area contributed by atoms with Gasteiger partial charge in [-0.15, -0.1) is 0 Å². The van der Waals surface area contributed by atoms with Gasteiger partial charge in [0.2, 0.25) is 0 Å². The summed E-state index contributed by atoms with van der Waals surface area (Å²) >= 11 is 0. The molecular weight excluding hydrogens is 114 g/mol. The van der Waals surface area contributed by atoms with Crippen molar-refractivity contribution >= 4 is 5.71 Å². The zero-order valence-corrected chi connectivity index (χ0v) is 5.59. The molecule has 0 aromatic heterocycles. The maximum absolute atomic E-state index is 8.41. The van der Waals surface area contributed by atoms with Crippen molar-refractivity contribution in [3.63, 3.8) is 0 Å². The van der Waals surface area contributed by atoms with E-state index in [-0.39, 0.29) is 0 Å². The van der Waals surface area contributed by atoms with Gasteiger partial charge < -0.3 is 5.21 Å². The third-order valence-electron chi connectivity index (χ3n) is 1.64. The molecule has 0 atom stereocenters. The van der Waals surface area contributed by atoms with Gasteiger partial charge in [-0.2, -0.15) is 0 Å². The molecule has 2 nitrogen and oxygen atoms in total. The Labute approximate surface area is 54.9 Å². The van der Waals surface area contributed by atoms with Crippen LogP contribution in [-0.4, -0.2) is 10.9 Å². The number of allylic oxidation sites excluding steroid dienone is 2. The molecular formula is C7H11NO. The number of nitrogens with zero attached hydrogens (tertiary/aromatic N) is 1. The van der Waals surface area contributed by atoms with Crippen molar-refractivity contribution in [3.8, 4) is 0 Å². The first kappa shape index (κ1) is 6.33. The van der Waals surface area contributed by atoms with Crippen molar-refractivity contribution in [2.75, 3.05) is 0 Å². The minimum Gasteiger partial charge on any atom is -0.411 e. The highest BCUT2D eigenvalue weighted by Crippen LogP contribution is 2.13. The van der Waals surface area contributed by atoms with E-state index in [2.05, 4.69) is 11.2 Å². The Bertz CT molecular complexity index is 158. The molecule has 0 saturated carbocycles. The highest BCUT2D eigenvalue weighted by Gasteiger charge is 2.06. The van der Waals surface area contributed by atoms with E-state index < -0.39 is 0 Å². The van der Waals surface area contributed by atoms with E-state index in [0.717, 1.165) is 30.5 Å². The standard InChI is InChI=1S/C7H11NO/c1-6-4-2-3-5-7(6)8-9/h4,9H,2-3,5H2,1H3/b8-7+. The summed E-state index contributed by atoms with van der Waals surface area (Å²) in [5, 5.41) is 11.6. The van der Waals surface area contributed by atoms with Gasteiger partial charge in [0.15, 0.2) is 0 Å². The minimum atomic E-state index is 0.848. The molecule has 1 rings (SSSR count). The van der Waals surface area contributed by atoms with Crippen molar-refractivity contribution in [1.29, 1.82) is 0 Å². The van der Waals surface area contributed by atoms with Crippen LogP contribution in [0.15, 0.2) is 16.8 Å². The maximum atomic E-state index is 8.41. The van der Waals surface area contributed by atoms with Crippen LogP contribution >= 0.6 is 0 Å². The van der Waals surface area contributed by atoms with Crippen LogP contribution in [0, 0.1) is 0 Å². The lowest BCUT2D eigenvalue weighted by Gasteiger charge is -2.08. The summed E-state index contributed by atoms with van der Waals surface area (Å²) < 4.78 is 0. The van der Waals surface area contributed by atoms with Crippen LogP contribution in [-0.2, 0) is 0 Å². The Morgan fingerprint density at radius 2 is 2.44 bits per heavy atom. The Kier molecular flexibility index (Phi) is 1.88. The van der Waals surface area contributed by atoms with E-state index in [9.17, 15) is 0 Å². The fraction of sp³-hybridized carbons (Fsp3) is 0.571. The van der Waals surface area contributed by atoms with Gasteiger partial charge in [0.1, 0.15) is 0 Å². The molecule has 9 heavy (non-hydrogen) atoms. The molecule has 0 aromatic carbocycles. The van der Waals surface area contributed by atoms with Gasteiger partial charge in [-0.25, -0.2) is 0 Å². The SMILES string of the molecule is CC1=CCCC/C1=N\O. The summed E-state index contributed by atoms with van der Waals surface area (Å²) in [6, 6.07) is 0. The van der Waals surface area contributed by atoms with Crippen LogP contribution in [0.4, 0.5) is 0 Å². The normalized spacial score (nSPS) is 24.1. The number of rotatable bonds is 0. The van der Waals surface area contributed by atoms with Crippen LogP contribution in [0.2, 0.25) is 0 Å². The van der Waals surface area contributed by atoms with E-state index in [4.69, 9.17) is 5.21 Å². The molecule has 0 fully saturated rings. The summed E-state index contributed by atoms with van der Waals surface area (Å²) in [6.45, 7) is 1.98. The Hall–Kier alpha value is -0.790. The van der Waals surface area contributed by atoms with Gasteiger partial charge in [0.05, 0.1) is 5.71 Å². The highest BCUT2D eigenvalue weighted by molar-refractivity contribution is 5.99. The molecule has 0 saturated heterocycles. The first-order valence-corrected chi connectivity index (χ1v) is 3.22. The molecule has 0 amide bonds. The Morgan fingerprint density at radius 3 is 2.89 bits per heavy atom. The van der Waals surface area contributed by atoms with E-state index in [0.29, 0.717) is 0 Å². The molecule has 2 heteroatoms. The quantitative estimate of drug-likeness (QED) is 0.389. The monoisotopic (exact) mass is 125 g/mol. The van der Waals surface area contributed by atoms with E-state index in [1.54, 1.807) is 0 Å². The largest absolute Gasteiger partial charge is 0.411 e. The second-order valence-electron chi connectivity index (χ2n) is 2.33. The van der Waals surface area contributed by atoms with Crippen molar-refractivity contribution in [1.82, 2.24) is 0 Å². The predicted octanol–water partition coefficient (Wildman–Crippen LogP) is 1.95. The van der Waals surface area contributed by atoms with Crippen LogP contribution < -0.4 is 0 Å². The number of hydrogen-bond donors (Lipinski definition) is 1. The third kappa shape index (κ3) is 1.31. The first-order valence-electron chi connectivity index (χ1n) is 3.22. The Morgan fingerprint density at radius 1 is 1.67 bits per heavy atom. The molecule has 1 N–H and O–H groups in total. The molecule has 0 heterocycles. The van der Waals surface area contributed by atoms with E-state index in [1.807, 2.05) is 6.92 Å². The smallest absolute Gasteiger partial charge is 0.0821 e. The summed E-state index contributed by atoms with van der Waals surface area (Å²) in [4.78, 5) is 0. The number of oxime groups is 1. The lowest BCUT2D eigenvalue weighted by molar-refractivity contribution is 0.317. The zero-order chi connectivity index (χ0) is 6.69. The van der Waals surface area contributed by atoms with Gasteiger partial charge >= 0.3 is 0 Å². The van der Waals surface area contributed by atoms with Crippen LogP contribution in [0.3, 0.4) is 0 Å². The number of hydrogen-bond acceptors (Lipinski definition) is 2. The fourth-order valence-electron chi connectivity index (χ4n) is 1.03. The molecule has 0 radical (unpaired) electrons. The lowest BCUT2D eigenvalue weighted by atomic mass is 9.99. The summed E-state index contributed by atoms with van der Waals surface area (Å²) in [7, 11) is 0. The molecule has 0 aliphatic heterocycles. The predicted molar refractivity (Wildman–Crippen MR) is 36.8 cm³/mol. The molecule has 0 spiro atoms. The zero-order valence-electron chi connectivity index (χ0n) is 5.59. The molecule has 0 aromatic rings. The van der Waals surface area contributed by atoms with Gasteiger partial charge in [-0.3, -0.25) is 0 Å². The van der Waals surface area contributed by atoms with Crippen LogP contribution in [0.25, 0.3) is 0 Å². The molecule has 50 valence electrons. The highest BCUT2D eigenvalue weighted by atomic mass is 16.4. The molecule has 1 aliphatic rings. The van der Waals surface area contributed by atoms with Crippen LogP contribution in [0.1, 0.15) is 26.2 Å². The molecule has 0 bridgehead atoms. The first-order chi connectivity index (χ1) is 4.34. The lowest BCUT2D eigenvalue weighted by Crippen LogP contribution is -2.04. The fourth-order valence-corrected chi connectivity index (χ4v) is 1.03. The van der Waals surface area contributed by atoms with Crippen molar-refractivity contribution in [2.45, 2.75) is 26.2 Å². The van der Waals surface area contributed by atoms with Gasteiger partial charge in [0, 0.05) is 0 Å². The average molecular weight is 125 g/mol.